The predicted octanol–water partition coefficient (Wildman–Crippen LogP) is 5.60. The Balaban J connectivity index is 1.49. The smallest absolute Gasteiger partial charge is 0.321 e. The molecule has 0 radical (unpaired) electrons. The van der Waals surface area contributed by atoms with Gasteiger partial charge in [0.2, 0.25) is 0 Å². The van der Waals surface area contributed by atoms with Crippen LogP contribution in [-0.4, -0.2) is 29.6 Å². The summed E-state index contributed by atoms with van der Waals surface area (Å²) in [5.41, 5.74) is 2.71. The summed E-state index contributed by atoms with van der Waals surface area (Å²) in [6.07, 6.45) is 3.31. The van der Waals surface area contributed by atoms with E-state index in [-0.39, 0.29) is 11.9 Å². The molecule has 7 nitrogen and oxygen atoms in total. The maximum absolute atomic E-state index is 12.8. The molecule has 0 saturated carbocycles. The van der Waals surface area contributed by atoms with Crippen molar-refractivity contribution in [1.82, 2.24) is 9.97 Å². The van der Waals surface area contributed by atoms with E-state index in [1.54, 1.807) is 43.8 Å². The Hall–Kier alpha value is -4.39. The third-order valence-corrected chi connectivity index (χ3v) is 4.77. The molecule has 0 atom stereocenters. The number of nitrogens with one attached hydrogen (secondary N) is 1. The lowest BCUT2D eigenvalue weighted by molar-refractivity contribution is 0.102. The van der Waals surface area contributed by atoms with Crippen LogP contribution < -0.4 is 19.5 Å². The van der Waals surface area contributed by atoms with Crippen molar-refractivity contribution in [2.45, 2.75) is 6.92 Å². The number of benzene rings is 3. The zero-order chi connectivity index (χ0) is 23.0. The first-order chi connectivity index (χ1) is 16.2. The summed E-state index contributed by atoms with van der Waals surface area (Å²) in [5, 5.41) is 2.91. The van der Waals surface area contributed by atoms with E-state index in [2.05, 4.69) is 15.3 Å². The van der Waals surface area contributed by atoms with E-state index in [0.717, 1.165) is 11.1 Å². The van der Waals surface area contributed by atoms with Gasteiger partial charge in [0, 0.05) is 29.6 Å². The summed E-state index contributed by atoms with van der Waals surface area (Å²) in [7, 11) is 1.59. The van der Waals surface area contributed by atoms with Crippen molar-refractivity contribution in [1.29, 1.82) is 0 Å². The van der Waals surface area contributed by atoms with Crippen molar-refractivity contribution < 1.29 is 19.0 Å². The number of ether oxygens (including phenoxy) is 3. The van der Waals surface area contributed by atoms with Gasteiger partial charge in [-0.2, -0.15) is 0 Å². The summed E-state index contributed by atoms with van der Waals surface area (Å²) in [5.74, 6) is 1.66. The predicted molar refractivity (Wildman–Crippen MR) is 126 cm³/mol. The van der Waals surface area contributed by atoms with Crippen LogP contribution in [0.1, 0.15) is 17.3 Å². The van der Waals surface area contributed by atoms with E-state index in [1.165, 1.54) is 0 Å². The highest BCUT2D eigenvalue weighted by molar-refractivity contribution is 6.05. The van der Waals surface area contributed by atoms with Gasteiger partial charge in [0.05, 0.1) is 19.4 Å². The number of anilines is 1. The molecular formula is C26H23N3O4. The highest BCUT2D eigenvalue weighted by Crippen LogP contribution is 2.26. The first-order valence-electron chi connectivity index (χ1n) is 10.4. The number of rotatable bonds is 8. The van der Waals surface area contributed by atoms with Crippen LogP contribution in [0.15, 0.2) is 85.2 Å². The Labute approximate surface area is 192 Å². The van der Waals surface area contributed by atoms with Crippen molar-refractivity contribution in [3.63, 3.8) is 0 Å². The molecule has 4 rings (SSSR count). The van der Waals surface area contributed by atoms with Gasteiger partial charge in [-0.15, -0.1) is 0 Å². The molecule has 0 aliphatic heterocycles. The van der Waals surface area contributed by atoms with E-state index < -0.39 is 0 Å². The average Bonchev–Trinajstić information content (AvgIpc) is 2.86. The molecule has 33 heavy (non-hydrogen) atoms. The van der Waals surface area contributed by atoms with Gasteiger partial charge in [-0.1, -0.05) is 30.3 Å². The molecule has 4 aromatic rings. The zero-order valence-electron chi connectivity index (χ0n) is 18.3. The molecule has 0 bridgehead atoms. The minimum Gasteiger partial charge on any atom is -0.497 e. The summed E-state index contributed by atoms with van der Waals surface area (Å²) < 4.78 is 16.5. The molecule has 0 aliphatic carbocycles. The molecule has 1 amide bonds. The van der Waals surface area contributed by atoms with Gasteiger partial charge in [-0.25, -0.2) is 9.97 Å². The summed E-state index contributed by atoms with van der Waals surface area (Å²) in [4.78, 5) is 21.4. The average molecular weight is 441 g/mol. The molecule has 7 heteroatoms. The first kappa shape index (κ1) is 21.8. The van der Waals surface area contributed by atoms with Gasteiger partial charge in [-0.05, 0) is 48.9 Å². The summed E-state index contributed by atoms with van der Waals surface area (Å²) in [6, 6.07) is 22.0. The maximum Gasteiger partial charge on any atom is 0.321 e. The number of aromatic nitrogens is 2. The molecule has 1 aromatic heterocycles. The zero-order valence-corrected chi connectivity index (χ0v) is 18.3. The van der Waals surface area contributed by atoms with Crippen LogP contribution in [0.2, 0.25) is 0 Å². The van der Waals surface area contributed by atoms with Crippen LogP contribution >= 0.6 is 0 Å². The minimum absolute atomic E-state index is 0.216. The number of methoxy groups -OCH3 is 1. The highest BCUT2D eigenvalue weighted by Gasteiger charge is 2.11. The van der Waals surface area contributed by atoms with Crippen molar-refractivity contribution in [2.75, 3.05) is 19.0 Å². The van der Waals surface area contributed by atoms with Crippen molar-refractivity contribution in [3.05, 3.63) is 90.8 Å². The normalized spacial score (nSPS) is 10.4. The van der Waals surface area contributed by atoms with Crippen molar-refractivity contribution in [2.24, 2.45) is 0 Å². The van der Waals surface area contributed by atoms with Crippen molar-refractivity contribution in [3.8, 4) is 34.4 Å². The van der Waals surface area contributed by atoms with E-state index in [4.69, 9.17) is 14.2 Å². The topological polar surface area (TPSA) is 82.6 Å². The number of hydrogen-bond acceptors (Lipinski definition) is 6. The molecule has 0 unspecified atom stereocenters. The van der Waals surface area contributed by atoms with Crippen LogP contribution in [-0.2, 0) is 0 Å². The third-order valence-electron chi connectivity index (χ3n) is 4.77. The fourth-order valence-electron chi connectivity index (χ4n) is 3.17. The Morgan fingerprint density at radius 3 is 2.42 bits per heavy atom. The molecule has 3 aromatic carbocycles. The van der Waals surface area contributed by atoms with Gasteiger partial charge < -0.3 is 19.5 Å². The van der Waals surface area contributed by atoms with Crippen LogP contribution in [0.25, 0.3) is 11.1 Å². The van der Waals surface area contributed by atoms with E-state index in [0.29, 0.717) is 35.1 Å². The number of amides is 1. The largest absolute Gasteiger partial charge is 0.497 e. The molecule has 0 aliphatic rings. The third kappa shape index (κ3) is 5.46. The second-order valence-electron chi connectivity index (χ2n) is 7.00. The van der Waals surface area contributed by atoms with Crippen molar-refractivity contribution >= 4 is 11.6 Å². The monoisotopic (exact) mass is 441 g/mol. The standard InChI is InChI=1S/C26H23N3O4/c1-3-32-24-13-5-4-12-23(24)29-25(30)19-9-6-8-18(14-19)20-16-27-26(28-17-20)33-22-11-7-10-21(15-22)31-2/h4-17H,3H2,1-2H3,(H,29,30). The fraction of sp³-hybridized carbons (Fsp3) is 0.115. The minimum atomic E-state index is -0.233. The van der Waals surface area contributed by atoms with Gasteiger partial charge in [0.15, 0.2) is 0 Å². The molecule has 0 saturated heterocycles. The quantitative estimate of drug-likeness (QED) is 0.383. The SMILES string of the molecule is CCOc1ccccc1NC(=O)c1cccc(-c2cnc(Oc3cccc(OC)c3)nc2)c1. The van der Waals surface area contributed by atoms with E-state index >= 15 is 0 Å². The number of carbonyl (C=O) groups is 1. The van der Waals surface area contributed by atoms with Gasteiger partial charge in [0.1, 0.15) is 17.2 Å². The molecular weight excluding hydrogens is 418 g/mol. The van der Waals surface area contributed by atoms with E-state index in [1.807, 2.05) is 55.5 Å². The summed E-state index contributed by atoms with van der Waals surface area (Å²) in [6.45, 7) is 2.41. The number of nitrogens with zero attached hydrogens (tertiary/aromatic N) is 2. The first-order valence-corrected chi connectivity index (χ1v) is 10.4. The Kier molecular flexibility index (Phi) is 6.80. The molecule has 166 valence electrons. The molecule has 0 spiro atoms. The number of para-hydroxylation sites is 2. The van der Waals surface area contributed by atoms with Crippen LogP contribution in [0.4, 0.5) is 5.69 Å². The Morgan fingerprint density at radius 2 is 1.64 bits per heavy atom. The lowest BCUT2D eigenvalue weighted by Gasteiger charge is -2.12. The molecule has 0 fully saturated rings. The van der Waals surface area contributed by atoms with Crippen LogP contribution in [0, 0.1) is 0 Å². The maximum atomic E-state index is 12.8. The van der Waals surface area contributed by atoms with Crippen LogP contribution in [0.5, 0.6) is 23.3 Å². The number of carbonyl (C=O) groups excluding carboxylic acids is 1. The van der Waals surface area contributed by atoms with Crippen LogP contribution in [0.3, 0.4) is 0 Å². The van der Waals surface area contributed by atoms with Gasteiger partial charge >= 0.3 is 6.01 Å². The van der Waals surface area contributed by atoms with E-state index in [9.17, 15) is 4.79 Å². The second kappa shape index (κ2) is 10.3. The van der Waals surface area contributed by atoms with Gasteiger partial charge in [0.25, 0.3) is 5.91 Å². The fourth-order valence-corrected chi connectivity index (χ4v) is 3.17. The lowest BCUT2D eigenvalue weighted by Crippen LogP contribution is -2.13. The highest BCUT2D eigenvalue weighted by atomic mass is 16.5. The Bertz CT molecular complexity index is 1240. The Morgan fingerprint density at radius 1 is 0.879 bits per heavy atom. The second-order valence-corrected chi connectivity index (χ2v) is 7.00. The van der Waals surface area contributed by atoms with Gasteiger partial charge in [-0.3, -0.25) is 4.79 Å². The molecule has 1 N–H and O–H groups in total. The molecule has 1 heterocycles. The number of hydrogen-bond donors (Lipinski definition) is 1. The lowest BCUT2D eigenvalue weighted by atomic mass is 10.1. The summed E-state index contributed by atoms with van der Waals surface area (Å²) >= 11 is 0.